The van der Waals surface area contributed by atoms with Gasteiger partial charge in [0.05, 0.1) is 12.5 Å². The van der Waals surface area contributed by atoms with Crippen molar-refractivity contribution in [3.05, 3.63) is 12.2 Å². The van der Waals surface area contributed by atoms with Gasteiger partial charge in [-0.1, -0.05) is 19.1 Å². The third-order valence-corrected chi connectivity index (χ3v) is 2.08. The van der Waals surface area contributed by atoms with Crippen LogP contribution < -0.4 is 0 Å². The molecule has 0 amide bonds. The van der Waals surface area contributed by atoms with E-state index in [9.17, 15) is 4.79 Å². The Hall–Kier alpha value is -0.790. The van der Waals surface area contributed by atoms with Gasteiger partial charge in [-0.05, 0) is 33.1 Å². The molecule has 0 N–H and O–H groups in total. The second-order valence-corrected chi connectivity index (χ2v) is 3.79. The lowest BCUT2D eigenvalue weighted by molar-refractivity contribution is -0.151. The van der Waals surface area contributed by atoms with Crippen molar-refractivity contribution < 1.29 is 9.53 Å². The maximum atomic E-state index is 11.3. The molecule has 0 atom stereocenters. The van der Waals surface area contributed by atoms with E-state index in [2.05, 4.69) is 19.1 Å². The summed E-state index contributed by atoms with van der Waals surface area (Å²) >= 11 is 0. The van der Waals surface area contributed by atoms with Crippen molar-refractivity contribution >= 4 is 5.97 Å². The van der Waals surface area contributed by atoms with Gasteiger partial charge in [0.1, 0.15) is 0 Å². The van der Waals surface area contributed by atoms with Gasteiger partial charge >= 0.3 is 5.97 Å². The van der Waals surface area contributed by atoms with E-state index in [1.54, 1.807) is 0 Å². The molecule has 0 aliphatic heterocycles. The van der Waals surface area contributed by atoms with Crippen LogP contribution in [0.5, 0.6) is 0 Å². The zero-order valence-electron chi connectivity index (χ0n) is 9.09. The Morgan fingerprint density at radius 2 is 2.00 bits per heavy atom. The Bertz CT molecular complexity index is 181. The highest BCUT2D eigenvalue weighted by molar-refractivity contribution is 5.75. The van der Waals surface area contributed by atoms with Gasteiger partial charge < -0.3 is 4.74 Å². The second-order valence-electron chi connectivity index (χ2n) is 3.79. The molecule has 0 saturated heterocycles. The smallest absolute Gasteiger partial charge is 0.311 e. The van der Waals surface area contributed by atoms with E-state index in [4.69, 9.17) is 4.74 Å². The lowest BCUT2D eigenvalue weighted by Gasteiger charge is -2.20. The van der Waals surface area contributed by atoms with E-state index >= 15 is 0 Å². The van der Waals surface area contributed by atoms with Crippen molar-refractivity contribution in [2.24, 2.45) is 5.41 Å². The fourth-order valence-electron chi connectivity index (χ4n) is 1.11. The molecule has 0 spiro atoms. The molecule has 76 valence electrons. The van der Waals surface area contributed by atoms with E-state index < -0.39 is 0 Å². The zero-order chi connectivity index (χ0) is 10.3. The number of allylic oxidation sites excluding steroid dienone is 2. The first-order valence-electron chi connectivity index (χ1n) is 4.78. The summed E-state index contributed by atoms with van der Waals surface area (Å²) in [5.74, 6) is -0.127. The standard InChI is InChI=1S/C11H20O2/c1-5-6-7-8-9-11(2,3)10(12)13-4/h6-7H,5,8-9H2,1-4H3/b7-6+. The second kappa shape index (κ2) is 5.79. The van der Waals surface area contributed by atoms with Crippen molar-refractivity contribution in [2.75, 3.05) is 7.11 Å². The first-order valence-corrected chi connectivity index (χ1v) is 4.78. The summed E-state index contributed by atoms with van der Waals surface area (Å²) in [6, 6.07) is 0. The van der Waals surface area contributed by atoms with E-state index in [0.29, 0.717) is 0 Å². The van der Waals surface area contributed by atoms with Crippen LogP contribution in [0.3, 0.4) is 0 Å². The number of carbonyl (C=O) groups excluding carboxylic acids is 1. The van der Waals surface area contributed by atoms with Gasteiger partial charge in [-0.15, -0.1) is 0 Å². The molecule has 0 radical (unpaired) electrons. The predicted octanol–water partition coefficient (Wildman–Crippen LogP) is 2.93. The molecule has 0 bridgehead atoms. The Morgan fingerprint density at radius 3 is 2.46 bits per heavy atom. The summed E-state index contributed by atoms with van der Waals surface area (Å²) in [5.41, 5.74) is -0.354. The number of hydrogen-bond acceptors (Lipinski definition) is 2. The average molecular weight is 184 g/mol. The largest absolute Gasteiger partial charge is 0.469 e. The quantitative estimate of drug-likeness (QED) is 0.485. The summed E-state index contributed by atoms with van der Waals surface area (Å²) in [7, 11) is 1.44. The highest BCUT2D eigenvalue weighted by atomic mass is 16.5. The fraction of sp³-hybridized carbons (Fsp3) is 0.727. The predicted molar refractivity (Wildman–Crippen MR) is 54.5 cm³/mol. The Morgan fingerprint density at radius 1 is 1.38 bits per heavy atom. The molecule has 0 aliphatic carbocycles. The van der Waals surface area contributed by atoms with Crippen LogP contribution in [0.4, 0.5) is 0 Å². The van der Waals surface area contributed by atoms with Crippen molar-refractivity contribution in [2.45, 2.75) is 40.0 Å². The summed E-state index contributed by atoms with van der Waals surface area (Å²) in [6.07, 6.45) is 7.07. The molecular weight excluding hydrogens is 164 g/mol. The van der Waals surface area contributed by atoms with Crippen LogP contribution >= 0.6 is 0 Å². The number of rotatable bonds is 5. The third kappa shape index (κ3) is 4.71. The minimum absolute atomic E-state index is 0.127. The topological polar surface area (TPSA) is 26.3 Å². The number of methoxy groups -OCH3 is 1. The first kappa shape index (κ1) is 12.2. The van der Waals surface area contributed by atoms with E-state index in [0.717, 1.165) is 19.3 Å². The summed E-state index contributed by atoms with van der Waals surface area (Å²) in [4.78, 5) is 11.3. The molecular formula is C11H20O2. The van der Waals surface area contributed by atoms with Gasteiger partial charge in [-0.3, -0.25) is 4.79 Å². The van der Waals surface area contributed by atoms with Gasteiger partial charge in [0.15, 0.2) is 0 Å². The number of ether oxygens (including phenoxy) is 1. The molecule has 0 rings (SSSR count). The Labute approximate surface area is 81.0 Å². The molecule has 0 saturated carbocycles. The van der Waals surface area contributed by atoms with Gasteiger partial charge in [0, 0.05) is 0 Å². The molecule has 0 aromatic carbocycles. The first-order chi connectivity index (χ1) is 6.04. The van der Waals surface area contributed by atoms with E-state index in [1.165, 1.54) is 7.11 Å². The van der Waals surface area contributed by atoms with Crippen molar-refractivity contribution in [3.63, 3.8) is 0 Å². The van der Waals surface area contributed by atoms with Crippen LogP contribution in [-0.4, -0.2) is 13.1 Å². The fourth-order valence-corrected chi connectivity index (χ4v) is 1.11. The van der Waals surface area contributed by atoms with E-state index in [1.807, 2.05) is 13.8 Å². The molecule has 2 nitrogen and oxygen atoms in total. The highest BCUT2D eigenvalue weighted by Crippen LogP contribution is 2.23. The maximum absolute atomic E-state index is 11.3. The molecule has 0 fully saturated rings. The van der Waals surface area contributed by atoms with Crippen LogP contribution in [0.15, 0.2) is 12.2 Å². The summed E-state index contributed by atoms with van der Waals surface area (Å²) < 4.78 is 4.71. The Balaban J connectivity index is 3.88. The average Bonchev–Trinajstić information content (AvgIpc) is 2.11. The Kier molecular flexibility index (Phi) is 5.44. The maximum Gasteiger partial charge on any atom is 0.311 e. The summed E-state index contributed by atoms with van der Waals surface area (Å²) in [5, 5.41) is 0. The van der Waals surface area contributed by atoms with Crippen molar-refractivity contribution in [1.82, 2.24) is 0 Å². The minimum Gasteiger partial charge on any atom is -0.469 e. The lowest BCUT2D eigenvalue weighted by atomic mass is 9.88. The van der Waals surface area contributed by atoms with Gasteiger partial charge in [-0.25, -0.2) is 0 Å². The molecule has 0 unspecified atom stereocenters. The van der Waals surface area contributed by atoms with Crippen molar-refractivity contribution in [1.29, 1.82) is 0 Å². The molecule has 0 heterocycles. The number of carbonyl (C=O) groups is 1. The summed E-state index contributed by atoms with van der Waals surface area (Å²) in [6.45, 7) is 5.93. The van der Waals surface area contributed by atoms with Crippen LogP contribution in [0, 0.1) is 5.41 Å². The zero-order valence-corrected chi connectivity index (χ0v) is 9.09. The monoisotopic (exact) mass is 184 g/mol. The molecule has 0 aliphatic rings. The third-order valence-electron chi connectivity index (χ3n) is 2.08. The van der Waals surface area contributed by atoms with Crippen molar-refractivity contribution in [3.8, 4) is 0 Å². The minimum atomic E-state index is -0.354. The lowest BCUT2D eigenvalue weighted by Crippen LogP contribution is -2.25. The molecule has 2 heteroatoms. The van der Waals surface area contributed by atoms with Gasteiger partial charge in [-0.2, -0.15) is 0 Å². The normalized spacial score (nSPS) is 12.0. The molecule has 13 heavy (non-hydrogen) atoms. The van der Waals surface area contributed by atoms with E-state index in [-0.39, 0.29) is 11.4 Å². The molecule has 0 aromatic heterocycles. The number of hydrogen-bond donors (Lipinski definition) is 0. The SMILES string of the molecule is CC/C=C/CCC(C)(C)C(=O)OC. The van der Waals surface area contributed by atoms with Crippen LogP contribution in [0.25, 0.3) is 0 Å². The van der Waals surface area contributed by atoms with Gasteiger partial charge in [0.25, 0.3) is 0 Å². The number of esters is 1. The van der Waals surface area contributed by atoms with Crippen LogP contribution in [-0.2, 0) is 9.53 Å². The highest BCUT2D eigenvalue weighted by Gasteiger charge is 2.27. The van der Waals surface area contributed by atoms with Gasteiger partial charge in [0.2, 0.25) is 0 Å². The van der Waals surface area contributed by atoms with Crippen LogP contribution in [0.2, 0.25) is 0 Å². The molecule has 0 aromatic rings. The van der Waals surface area contributed by atoms with Crippen LogP contribution in [0.1, 0.15) is 40.0 Å².